The quantitative estimate of drug-likeness (QED) is 0.167. The van der Waals surface area contributed by atoms with E-state index in [4.69, 9.17) is 0 Å². The highest BCUT2D eigenvalue weighted by Gasteiger charge is 2.52. The number of hydrogen-bond acceptors (Lipinski definition) is 8. The van der Waals surface area contributed by atoms with Gasteiger partial charge in [-0.15, -0.1) is 0 Å². The van der Waals surface area contributed by atoms with Gasteiger partial charge in [-0.2, -0.15) is 13.2 Å². The second kappa shape index (κ2) is 17.0. The summed E-state index contributed by atoms with van der Waals surface area (Å²) in [6.45, 7) is 7.82. The molecule has 5 rings (SSSR count). The van der Waals surface area contributed by atoms with E-state index in [1.54, 1.807) is 4.90 Å². The summed E-state index contributed by atoms with van der Waals surface area (Å²) in [7, 11) is 0. The maximum atomic E-state index is 14.7. The molecule has 0 bridgehead atoms. The number of halogens is 3. The summed E-state index contributed by atoms with van der Waals surface area (Å²) in [6.07, 6.45) is 7.87. The number of carbonyl (C=O) groups excluding carboxylic acids is 5. The fourth-order valence-electron chi connectivity index (χ4n) is 9.13. The van der Waals surface area contributed by atoms with Gasteiger partial charge in [0.05, 0.1) is 24.0 Å². The van der Waals surface area contributed by atoms with Crippen molar-refractivity contribution in [3.63, 3.8) is 0 Å². The Bertz CT molecular complexity index is 1440. The van der Waals surface area contributed by atoms with Crippen molar-refractivity contribution in [2.24, 2.45) is 40.9 Å². The van der Waals surface area contributed by atoms with E-state index in [1.165, 1.54) is 12.4 Å². The molecule has 3 aliphatic carbocycles. The molecule has 3 saturated carbocycles. The number of carbonyl (C=O) groups is 5. The third-order valence-electron chi connectivity index (χ3n) is 12.2. The second-order valence-corrected chi connectivity index (χ2v) is 17.1. The zero-order valence-corrected chi connectivity index (χ0v) is 31.3. The first-order chi connectivity index (χ1) is 24.6. The third kappa shape index (κ3) is 9.74. The Morgan fingerprint density at radius 3 is 2.23 bits per heavy atom. The van der Waals surface area contributed by atoms with Gasteiger partial charge in [-0.25, -0.2) is 0 Å². The first-order valence-electron chi connectivity index (χ1n) is 19.6. The van der Waals surface area contributed by atoms with Crippen molar-refractivity contribution in [1.82, 2.24) is 20.2 Å². The maximum Gasteiger partial charge on any atom is 0.409 e. The number of nitrogens with zero attached hydrogens (tertiary/aromatic N) is 3. The first kappa shape index (κ1) is 40.2. The van der Waals surface area contributed by atoms with E-state index in [0.717, 1.165) is 57.6 Å². The molecular weight excluding hydrogens is 673 g/mol. The predicted molar refractivity (Wildman–Crippen MR) is 189 cm³/mol. The molecule has 1 aliphatic heterocycles. The standard InChI is InChI=1S/C40H57F3N4O5/c1-5-10-26(36(51)33(50)19-24-15-16-24)20-32(49)35-28-14-9-13-27(28)23-47(35)38(52)29(39(2,3)4)21-31(48)34(25-11-7-6-8-12-25)46-37(40(41,42)43)30-22-44-17-18-45-30/h17-18,22,24-29,34-35,37,46H,5-16,19-21,23H2,1-4H3/t26-,27+,28+,29-,34+,35+,37-/m1/s1. The number of fused-ring (bicyclic) bond motifs is 1. The van der Waals surface area contributed by atoms with E-state index >= 15 is 0 Å². The summed E-state index contributed by atoms with van der Waals surface area (Å²) in [4.78, 5) is 78.8. The molecule has 0 spiro atoms. The van der Waals surface area contributed by atoms with Crippen molar-refractivity contribution in [3.05, 3.63) is 24.3 Å². The predicted octanol–water partition coefficient (Wildman–Crippen LogP) is 7.18. The van der Waals surface area contributed by atoms with Gasteiger partial charge in [-0.3, -0.25) is 39.3 Å². The van der Waals surface area contributed by atoms with E-state index < -0.39 is 58.9 Å². The number of rotatable bonds is 17. The van der Waals surface area contributed by atoms with E-state index in [-0.39, 0.29) is 60.3 Å². The molecule has 4 aliphatic rings. The molecule has 1 amide bonds. The summed E-state index contributed by atoms with van der Waals surface area (Å²) in [5, 5.41) is 2.66. The number of aromatic nitrogens is 2. The van der Waals surface area contributed by atoms with E-state index in [0.29, 0.717) is 32.2 Å². The van der Waals surface area contributed by atoms with Crippen molar-refractivity contribution in [2.75, 3.05) is 6.54 Å². The minimum Gasteiger partial charge on any atom is -0.332 e. The molecule has 7 atom stereocenters. The van der Waals surface area contributed by atoms with Gasteiger partial charge in [-0.05, 0) is 74.0 Å². The van der Waals surface area contributed by atoms with Crippen LogP contribution < -0.4 is 5.32 Å². The molecule has 52 heavy (non-hydrogen) atoms. The van der Waals surface area contributed by atoms with E-state index in [1.807, 2.05) is 27.7 Å². The van der Waals surface area contributed by atoms with Gasteiger partial charge >= 0.3 is 6.18 Å². The highest BCUT2D eigenvalue weighted by molar-refractivity contribution is 6.38. The van der Waals surface area contributed by atoms with Crippen molar-refractivity contribution in [3.8, 4) is 0 Å². The van der Waals surface area contributed by atoms with Gasteiger partial charge < -0.3 is 4.90 Å². The number of hydrogen-bond donors (Lipinski definition) is 1. The van der Waals surface area contributed by atoms with Crippen LogP contribution in [0.1, 0.15) is 136 Å². The molecule has 288 valence electrons. The highest BCUT2D eigenvalue weighted by Crippen LogP contribution is 2.46. The largest absolute Gasteiger partial charge is 0.409 e. The summed E-state index contributed by atoms with van der Waals surface area (Å²) in [5.74, 6) is -3.57. The molecule has 0 radical (unpaired) electrons. The molecule has 1 saturated heterocycles. The Balaban J connectivity index is 1.39. The number of alkyl halides is 3. The molecule has 1 N–H and O–H groups in total. The Labute approximate surface area is 306 Å². The molecule has 1 aromatic rings. The summed E-state index contributed by atoms with van der Waals surface area (Å²) in [6, 6.07) is -4.13. The van der Waals surface area contributed by atoms with Crippen molar-refractivity contribution in [1.29, 1.82) is 0 Å². The lowest BCUT2D eigenvalue weighted by atomic mass is 9.73. The highest BCUT2D eigenvalue weighted by atomic mass is 19.4. The van der Waals surface area contributed by atoms with Crippen LogP contribution in [-0.2, 0) is 24.0 Å². The third-order valence-corrected chi connectivity index (χ3v) is 12.2. The van der Waals surface area contributed by atoms with E-state index in [9.17, 15) is 37.1 Å². The van der Waals surface area contributed by atoms with Crippen LogP contribution in [0, 0.1) is 40.9 Å². The minimum absolute atomic E-state index is 0.0662. The van der Waals surface area contributed by atoms with Crippen LogP contribution in [-0.4, -0.2) is 68.7 Å². The Morgan fingerprint density at radius 2 is 1.63 bits per heavy atom. The lowest BCUT2D eigenvalue weighted by molar-refractivity contribution is -0.163. The van der Waals surface area contributed by atoms with Crippen LogP contribution in [0.25, 0.3) is 0 Å². The summed E-state index contributed by atoms with van der Waals surface area (Å²) >= 11 is 0. The molecule has 1 aromatic heterocycles. The fourth-order valence-corrected chi connectivity index (χ4v) is 9.13. The molecule has 0 unspecified atom stereocenters. The van der Waals surface area contributed by atoms with Gasteiger partial charge in [0.15, 0.2) is 17.3 Å². The molecular formula is C40H57F3N4O5. The normalized spacial score (nSPS) is 24.9. The second-order valence-electron chi connectivity index (χ2n) is 17.1. The molecule has 0 aromatic carbocycles. The Kier molecular flexibility index (Phi) is 13.1. The average Bonchev–Trinajstić information content (AvgIpc) is 3.66. The number of likely N-dealkylation sites (tertiary alicyclic amines) is 1. The minimum atomic E-state index is -4.75. The van der Waals surface area contributed by atoms with Crippen LogP contribution >= 0.6 is 0 Å². The maximum absolute atomic E-state index is 14.7. The first-order valence-corrected chi connectivity index (χ1v) is 19.6. The van der Waals surface area contributed by atoms with Crippen LogP contribution in [0.3, 0.4) is 0 Å². The zero-order valence-electron chi connectivity index (χ0n) is 31.3. The van der Waals surface area contributed by atoms with Gasteiger partial charge in [0.25, 0.3) is 0 Å². The van der Waals surface area contributed by atoms with Crippen molar-refractivity contribution in [2.45, 2.75) is 148 Å². The lowest BCUT2D eigenvalue weighted by Gasteiger charge is -2.38. The lowest BCUT2D eigenvalue weighted by Crippen LogP contribution is -2.52. The smallest absolute Gasteiger partial charge is 0.332 e. The topological polar surface area (TPSA) is 126 Å². The van der Waals surface area contributed by atoms with Crippen LogP contribution in [0.2, 0.25) is 0 Å². The summed E-state index contributed by atoms with van der Waals surface area (Å²) < 4.78 is 43.6. The van der Waals surface area contributed by atoms with Gasteiger partial charge in [0.2, 0.25) is 11.7 Å². The molecule has 2 heterocycles. The number of nitrogens with one attached hydrogen (secondary N) is 1. The van der Waals surface area contributed by atoms with Gasteiger partial charge in [0.1, 0.15) is 6.04 Å². The Hall–Kier alpha value is -3.02. The van der Waals surface area contributed by atoms with Crippen LogP contribution in [0.5, 0.6) is 0 Å². The molecule has 4 fully saturated rings. The van der Waals surface area contributed by atoms with Crippen molar-refractivity contribution >= 4 is 29.0 Å². The molecule has 9 nitrogen and oxygen atoms in total. The van der Waals surface area contributed by atoms with Gasteiger partial charge in [0, 0.05) is 50.0 Å². The number of Topliss-reactive ketones (excluding diaryl/α,β-unsaturated/α-hetero) is 4. The summed E-state index contributed by atoms with van der Waals surface area (Å²) in [5.41, 5.74) is -1.08. The number of ketones is 4. The Morgan fingerprint density at radius 1 is 0.923 bits per heavy atom. The van der Waals surface area contributed by atoms with E-state index in [2.05, 4.69) is 15.3 Å². The van der Waals surface area contributed by atoms with Crippen molar-refractivity contribution < 1.29 is 37.1 Å². The number of amides is 1. The average molecular weight is 731 g/mol. The SMILES string of the molecule is CCC[C@H](CC(=O)[C@@H]1[C@H]2CCC[C@H]2CN1C(=O)[C@@H](CC(=O)[C@@H](N[C@H](c1cnccn1)C(F)(F)F)C1CCCCC1)C(C)(C)C)C(=O)C(=O)CC1CC1. The zero-order chi connectivity index (χ0) is 37.8. The van der Waals surface area contributed by atoms with Crippen LogP contribution in [0.4, 0.5) is 13.2 Å². The fraction of sp³-hybridized carbons (Fsp3) is 0.775. The van der Waals surface area contributed by atoms with Crippen LogP contribution in [0.15, 0.2) is 18.6 Å². The van der Waals surface area contributed by atoms with Gasteiger partial charge in [-0.1, -0.05) is 59.8 Å². The molecule has 12 heteroatoms. The monoisotopic (exact) mass is 730 g/mol.